The molecule has 7 heteroatoms. The number of hydrogen-bond acceptors (Lipinski definition) is 4. The summed E-state index contributed by atoms with van der Waals surface area (Å²) in [5.41, 5.74) is 0.687. The number of nitrogens with one attached hydrogen (secondary N) is 1. The predicted molar refractivity (Wildman–Crippen MR) is 93.6 cm³/mol. The van der Waals surface area contributed by atoms with Gasteiger partial charge in [0, 0.05) is 25.2 Å². The number of carbonyl (C=O) groups excluding carboxylic acids is 1. The molecule has 0 aliphatic carbocycles. The van der Waals surface area contributed by atoms with Crippen molar-refractivity contribution in [3.8, 4) is 6.07 Å². The minimum atomic E-state index is -0.756. The van der Waals surface area contributed by atoms with E-state index in [-0.39, 0.29) is 23.1 Å². The van der Waals surface area contributed by atoms with E-state index in [1.807, 2.05) is 13.0 Å². The van der Waals surface area contributed by atoms with Crippen LogP contribution in [0.3, 0.4) is 0 Å². The zero-order chi connectivity index (χ0) is 18.7. The van der Waals surface area contributed by atoms with E-state index >= 15 is 0 Å². The molecule has 1 amide bonds. The molecule has 134 valence electrons. The van der Waals surface area contributed by atoms with Crippen LogP contribution < -0.4 is 10.2 Å². The molecule has 2 aromatic rings. The summed E-state index contributed by atoms with van der Waals surface area (Å²) in [6.07, 6.45) is 2.58. The number of hydrogen-bond donors (Lipinski definition) is 1. The van der Waals surface area contributed by atoms with Crippen LogP contribution in [0.1, 0.15) is 24.0 Å². The van der Waals surface area contributed by atoms with Crippen molar-refractivity contribution < 1.29 is 13.6 Å². The lowest BCUT2D eigenvalue weighted by molar-refractivity contribution is -0.120. The van der Waals surface area contributed by atoms with Crippen LogP contribution in [-0.2, 0) is 4.79 Å². The third kappa shape index (κ3) is 3.64. The summed E-state index contributed by atoms with van der Waals surface area (Å²) in [5, 5.41) is 11.6. The summed E-state index contributed by atoms with van der Waals surface area (Å²) >= 11 is 0. The van der Waals surface area contributed by atoms with E-state index in [2.05, 4.69) is 10.3 Å². The number of nitriles is 1. The van der Waals surface area contributed by atoms with Gasteiger partial charge >= 0.3 is 0 Å². The van der Waals surface area contributed by atoms with Crippen molar-refractivity contribution >= 4 is 17.4 Å². The third-order valence-electron chi connectivity index (χ3n) is 4.58. The van der Waals surface area contributed by atoms with Gasteiger partial charge in [0.1, 0.15) is 11.5 Å². The molecule has 0 unspecified atom stereocenters. The van der Waals surface area contributed by atoms with E-state index < -0.39 is 11.6 Å². The van der Waals surface area contributed by atoms with Gasteiger partial charge in [0.25, 0.3) is 0 Å². The quantitative estimate of drug-likeness (QED) is 0.915. The molecule has 26 heavy (non-hydrogen) atoms. The second kappa shape index (κ2) is 7.48. The Balaban J connectivity index is 1.65. The van der Waals surface area contributed by atoms with Crippen LogP contribution in [0.5, 0.6) is 0 Å². The van der Waals surface area contributed by atoms with Crippen LogP contribution in [0.2, 0.25) is 0 Å². The average Bonchev–Trinajstić information content (AvgIpc) is 2.63. The number of halogens is 2. The number of aromatic nitrogens is 1. The maximum absolute atomic E-state index is 14.1. The molecule has 0 atom stereocenters. The second-order valence-corrected chi connectivity index (χ2v) is 6.32. The van der Waals surface area contributed by atoms with Crippen molar-refractivity contribution in [2.45, 2.75) is 19.8 Å². The summed E-state index contributed by atoms with van der Waals surface area (Å²) in [6.45, 7) is 2.58. The predicted octanol–water partition coefficient (Wildman–Crippen LogP) is 3.40. The van der Waals surface area contributed by atoms with Gasteiger partial charge in [-0.3, -0.25) is 4.79 Å². The highest BCUT2D eigenvalue weighted by atomic mass is 19.1. The fourth-order valence-corrected chi connectivity index (χ4v) is 3.13. The number of amides is 1. The van der Waals surface area contributed by atoms with Gasteiger partial charge in [-0.05, 0) is 43.5 Å². The zero-order valence-corrected chi connectivity index (χ0v) is 14.3. The number of piperidine rings is 1. The first-order valence-electron chi connectivity index (χ1n) is 8.36. The second-order valence-electron chi connectivity index (χ2n) is 6.32. The van der Waals surface area contributed by atoms with Crippen LogP contribution in [0.15, 0.2) is 30.5 Å². The number of anilines is 2. The van der Waals surface area contributed by atoms with E-state index in [1.54, 1.807) is 23.2 Å². The fraction of sp³-hybridized carbons (Fsp3) is 0.316. The number of nitrogens with zero attached hydrogens (tertiary/aromatic N) is 3. The number of carbonyl (C=O) groups is 1. The van der Waals surface area contributed by atoms with Crippen molar-refractivity contribution in [2.75, 3.05) is 23.3 Å². The Morgan fingerprint density at radius 1 is 1.31 bits per heavy atom. The van der Waals surface area contributed by atoms with Gasteiger partial charge in [0.15, 0.2) is 11.6 Å². The van der Waals surface area contributed by atoms with E-state index in [0.29, 0.717) is 31.7 Å². The minimum Gasteiger partial charge on any atom is -0.367 e. The highest BCUT2D eigenvalue weighted by Crippen LogP contribution is 2.29. The SMILES string of the molecule is Cc1cccnc1NC(=O)C1CCN(c2c(F)cc(C#N)cc2F)CC1. The first-order chi connectivity index (χ1) is 12.5. The van der Waals surface area contributed by atoms with E-state index in [9.17, 15) is 13.6 Å². The molecule has 0 radical (unpaired) electrons. The molecule has 3 rings (SSSR count). The minimum absolute atomic E-state index is 0.0521. The maximum atomic E-state index is 14.1. The molecule has 1 aliphatic heterocycles. The number of benzene rings is 1. The molecule has 2 heterocycles. The molecular weight excluding hydrogens is 338 g/mol. The lowest BCUT2D eigenvalue weighted by atomic mass is 9.95. The van der Waals surface area contributed by atoms with Crippen molar-refractivity contribution in [3.63, 3.8) is 0 Å². The molecular formula is C19H18F2N4O. The molecule has 1 aromatic heterocycles. The molecule has 1 N–H and O–H groups in total. The fourth-order valence-electron chi connectivity index (χ4n) is 3.13. The van der Waals surface area contributed by atoms with Gasteiger partial charge in [-0.25, -0.2) is 13.8 Å². The molecule has 1 aliphatic rings. The van der Waals surface area contributed by atoms with Crippen LogP contribution in [0.25, 0.3) is 0 Å². The van der Waals surface area contributed by atoms with Crippen molar-refractivity contribution in [1.29, 1.82) is 5.26 Å². The van der Waals surface area contributed by atoms with Crippen LogP contribution >= 0.6 is 0 Å². The van der Waals surface area contributed by atoms with Gasteiger partial charge in [-0.2, -0.15) is 5.26 Å². The molecule has 0 saturated carbocycles. The Labute approximate surface area is 150 Å². The molecule has 5 nitrogen and oxygen atoms in total. The summed E-state index contributed by atoms with van der Waals surface area (Å²) in [6, 6.07) is 7.45. The number of pyridine rings is 1. The van der Waals surface area contributed by atoms with Crippen LogP contribution in [0.4, 0.5) is 20.3 Å². The topological polar surface area (TPSA) is 69.0 Å². The molecule has 1 fully saturated rings. The van der Waals surface area contributed by atoms with Crippen LogP contribution in [0, 0.1) is 35.8 Å². The van der Waals surface area contributed by atoms with Gasteiger partial charge in [-0.1, -0.05) is 6.07 Å². The monoisotopic (exact) mass is 356 g/mol. The van der Waals surface area contributed by atoms with E-state index in [1.165, 1.54) is 0 Å². The summed E-state index contributed by atoms with van der Waals surface area (Å²) in [7, 11) is 0. The molecule has 0 spiro atoms. The first kappa shape index (κ1) is 17.8. The van der Waals surface area contributed by atoms with E-state index in [0.717, 1.165) is 17.7 Å². The molecule has 1 saturated heterocycles. The van der Waals surface area contributed by atoms with Gasteiger partial charge in [0.2, 0.25) is 5.91 Å². The standard InChI is InChI=1S/C19H18F2N4O/c1-12-3-2-6-23-18(12)24-19(26)14-4-7-25(8-5-14)17-15(20)9-13(11-22)10-16(17)21/h2-3,6,9-10,14H,4-5,7-8H2,1H3,(H,23,24,26). The van der Waals surface area contributed by atoms with Crippen LogP contribution in [-0.4, -0.2) is 24.0 Å². The van der Waals surface area contributed by atoms with Gasteiger partial charge in [-0.15, -0.1) is 0 Å². The van der Waals surface area contributed by atoms with Gasteiger partial charge < -0.3 is 10.2 Å². The number of rotatable bonds is 3. The number of aryl methyl sites for hydroxylation is 1. The third-order valence-corrected chi connectivity index (χ3v) is 4.58. The normalized spacial score (nSPS) is 14.8. The lowest BCUT2D eigenvalue weighted by Crippen LogP contribution is -2.39. The summed E-state index contributed by atoms with van der Waals surface area (Å²) in [4.78, 5) is 18.2. The Hall–Kier alpha value is -3.01. The smallest absolute Gasteiger partial charge is 0.228 e. The van der Waals surface area contributed by atoms with Crippen molar-refractivity contribution in [1.82, 2.24) is 4.98 Å². The average molecular weight is 356 g/mol. The zero-order valence-electron chi connectivity index (χ0n) is 14.3. The summed E-state index contributed by atoms with van der Waals surface area (Å²) < 4.78 is 28.3. The van der Waals surface area contributed by atoms with Crippen molar-refractivity contribution in [3.05, 3.63) is 53.2 Å². The Morgan fingerprint density at radius 2 is 1.96 bits per heavy atom. The highest BCUT2D eigenvalue weighted by Gasteiger charge is 2.28. The maximum Gasteiger partial charge on any atom is 0.228 e. The summed E-state index contributed by atoms with van der Waals surface area (Å²) in [5.74, 6) is -1.35. The highest BCUT2D eigenvalue weighted by molar-refractivity contribution is 5.92. The van der Waals surface area contributed by atoms with Gasteiger partial charge in [0.05, 0.1) is 11.6 Å². The Bertz CT molecular complexity index is 847. The van der Waals surface area contributed by atoms with Crippen molar-refractivity contribution in [2.24, 2.45) is 5.92 Å². The Kier molecular flexibility index (Phi) is 5.12. The van der Waals surface area contributed by atoms with E-state index in [4.69, 9.17) is 5.26 Å². The first-order valence-corrected chi connectivity index (χ1v) is 8.36. The Morgan fingerprint density at radius 3 is 2.54 bits per heavy atom. The molecule has 1 aromatic carbocycles. The largest absolute Gasteiger partial charge is 0.367 e. The molecule has 0 bridgehead atoms. The lowest BCUT2D eigenvalue weighted by Gasteiger charge is -2.33.